The van der Waals surface area contributed by atoms with Crippen LogP contribution < -0.4 is 0 Å². The predicted molar refractivity (Wildman–Crippen MR) is 86.0 cm³/mol. The Morgan fingerprint density at radius 2 is 1.71 bits per heavy atom. The Morgan fingerprint density at radius 3 is 2.24 bits per heavy atom. The van der Waals surface area contributed by atoms with E-state index in [0.717, 1.165) is 5.56 Å². The normalized spacial score (nSPS) is 10.6. The van der Waals surface area contributed by atoms with Gasteiger partial charge in [0, 0.05) is 11.4 Å². The zero-order valence-corrected chi connectivity index (χ0v) is 12.4. The van der Waals surface area contributed by atoms with Gasteiger partial charge in [0.25, 0.3) is 0 Å². The summed E-state index contributed by atoms with van der Waals surface area (Å²) in [4.78, 5) is 3.82. The molecule has 0 aliphatic carbocycles. The number of alkyl halides is 1. The molecule has 106 valence electrons. The zero-order chi connectivity index (χ0) is 15.2. The largest absolute Gasteiger partial charge is 0.206 e. The highest BCUT2D eigenvalue weighted by Gasteiger charge is 2.08. The van der Waals surface area contributed by atoms with E-state index in [1.165, 1.54) is 18.2 Å². The van der Waals surface area contributed by atoms with Crippen molar-refractivity contribution in [3.8, 4) is 0 Å². The summed E-state index contributed by atoms with van der Waals surface area (Å²) < 4.78 is 27.6. The molecule has 1 nitrogen and oxygen atoms in total. The molecule has 0 aromatic heterocycles. The fraction of sp³-hybridized carbons (Fsp3) is 0.0625. The fourth-order valence-corrected chi connectivity index (χ4v) is 2.03. The molecule has 0 unspecified atom stereocenters. The number of hydrogen-bond donors (Lipinski definition) is 0. The maximum Gasteiger partial charge on any atom is 0.133 e. The Bertz CT molecular complexity index is 697. The lowest BCUT2D eigenvalue weighted by Crippen LogP contribution is -1.92. The Kier molecular flexibility index (Phi) is 5.34. The quantitative estimate of drug-likeness (QED) is 0.308. The third kappa shape index (κ3) is 4.05. The molecule has 0 bridgehead atoms. The Balaban J connectivity index is 2.27. The number of hydrogen-bond acceptors (Lipinski definition) is 2. The number of rotatable bonds is 4. The van der Waals surface area contributed by atoms with Gasteiger partial charge in [0.05, 0.1) is 10.8 Å². The monoisotopic (exact) mass is 321 g/mol. The van der Waals surface area contributed by atoms with Crippen molar-refractivity contribution in [1.82, 2.24) is 0 Å². The molecule has 0 saturated carbocycles. The van der Waals surface area contributed by atoms with Crippen LogP contribution in [0.3, 0.4) is 0 Å². The first-order valence-electron chi connectivity index (χ1n) is 6.04. The molecule has 0 aliphatic rings. The second-order valence-electron chi connectivity index (χ2n) is 4.23. The molecular formula is C16H10ClF2NS. The summed E-state index contributed by atoms with van der Waals surface area (Å²) in [5.74, 6) is -1.20. The molecule has 0 heterocycles. The summed E-state index contributed by atoms with van der Waals surface area (Å²) >= 11 is 10.1. The highest BCUT2D eigenvalue weighted by molar-refractivity contribution is 7.78. The van der Waals surface area contributed by atoms with E-state index in [2.05, 4.69) is 22.4 Å². The van der Waals surface area contributed by atoms with Crippen molar-refractivity contribution in [3.05, 3.63) is 64.7 Å². The number of isothiocyanates is 1. The van der Waals surface area contributed by atoms with E-state index >= 15 is 0 Å². The van der Waals surface area contributed by atoms with Crippen molar-refractivity contribution in [2.75, 3.05) is 0 Å². The first kappa shape index (κ1) is 15.5. The molecule has 2 rings (SSSR count). The van der Waals surface area contributed by atoms with Crippen molar-refractivity contribution in [2.24, 2.45) is 4.99 Å². The minimum Gasteiger partial charge on any atom is -0.206 e. The van der Waals surface area contributed by atoms with Gasteiger partial charge < -0.3 is 0 Å². The predicted octanol–water partition coefficient (Wildman–Crippen LogP) is 5.61. The summed E-state index contributed by atoms with van der Waals surface area (Å²) in [6.07, 6.45) is 3.01. The van der Waals surface area contributed by atoms with Crippen LogP contribution in [-0.2, 0) is 5.88 Å². The van der Waals surface area contributed by atoms with Crippen LogP contribution in [0.5, 0.6) is 0 Å². The summed E-state index contributed by atoms with van der Waals surface area (Å²) in [5, 5.41) is 2.27. The van der Waals surface area contributed by atoms with E-state index in [1.54, 1.807) is 30.3 Å². The van der Waals surface area contributed by atoms with Crippen LogP contribution in [0, 0.1) is 11.6 Å². The van der Waals surface area contributed by atoms with Crippen LogP contribution >= 0.6 is 23.8 Å². The number of nitrogens with zero attached hydrogens (tertiary/aromatic N) is 1. The van der Waals surface area contributed by atoms with Gasteiger partial charge in [-0.25, -0.2) is 8.78 Å². The van der Waals surface area contributed by atoms with Crippen molar-refractivity contribution in [2.45, 2.75) is 5.88 Å². The van der Waals surface area contributed by atoms with Crippen LogP contribution in [0.4, 0.5) is 14.5 Å². The van der Waals surface area contributed by atoms with Crippen LogP contribution in [0.1, 0.15) is 16.7 Å². The highest BCUT2D eigenvalue weighted by atomic mass is 35.5. The summed E-state index contributed by atoms with van der Waals surface area (Å²) in [7, 11) is 0. The summed E-state index contributed by atoms with van der Waals surface area (Å²) in [6, 6.07) is 9.47. The lowest BCUT2D eigenvalue weighted by Gasteiger charge is -2.03. The molecule has 2 aromatic rings. The van der Waals surface area contributed by atoms with Gasteiger partial charge in [-0.1, -0.05) is 18.2 Å². The second kappa shape index (κ2) is 7.23. The van der Waals surface area contributed by atoms with Crippen LogP contribution in [-0.4, -0.2) is 5.16 Å². The standard InChI is InChI=1S/C16H10ClF2NS/c17-9-12-7-15(18)14(16(19)8-12)6-3-11-1-4-13(5-2-11)20-10-21/h1-8H,9H2. The summed E-state index contributed by atoms with van der Waals surface area (Å²) in [6.45, 7) is 0. The molecule has 0 spiro atoms. The Hall–Kier alpha value is -1.87. The van der Waals surface area contributed by atoms with Gasteiger partial charge in [0.15, 0.2) is 0 Å². The second-order valence-corrected chi connectivity index (χ2v) is 4.68. The molecule has 0 saturated heterocycles. The fourth-order valence-electron chi connectivity index (χ4n) is 1.77. The highest BCUT2D eigenvalue weighted by Crippen LogP contribution is 2.20. The van der Waals surface area contributed by atoms with Gasteiger partial charge in [-0.15, -0.1) is 11.6 Å². The Labute approximate surface area is 131 Å². The average molecular weight is 322 g/mol. The van der Waals surface area contributed by atoms with Crippen LogP contribution in [0.25, 0.3) is 12.2 Å². The van der Waals surface area contributed by atoms with Gasteiger partial charge in [0.1, 0.15) is 11.6 Å². The SMILES string of the molecule is Fc1cc(CCl)cc(F)c1C=Cc1ccc(N=C=S)cc1. The molecular weight excluding hydrogens is 312 g/mol. The molecule has 0 atom stereocenters. The number of benzene rings is 2. The molecule has 0 fully saturated rings. The van der Waals surface area contributed by atoms with Crippen molar-refractivity contribution in [1.29, 1.82) is 0 Å². The maximum absolute atomic E-state index is 13.8. The van der Waals surface area contributed by atoms with E-state index in [1.807, 2.05) is 0 Å². The van der Waals surface area contributed by atoms with Gasteiger partial charge in [-0.3, -0.25) is 0 Å². The van der Waals surface area contributed by atoms with Gasteiger partial charge in [0.2, 0.25) is 0 Å². The first-order valence-corrected chi connectivity index (χ1v) is 6.98. The molecule has 0 aliphatic heterocycles. The van der Waals surface area contributed by atoms with Crippen LogP contribution in [0.2, 0.25) is 0 Å². The average Bonchev–Trinajstić information content (AvgIpc) is 2.48. The number of aliphatic imine (C=N–C) groups is 1. The van der Waals surface area contributed by atoms with Gasteiger partial charge in [-0.05, 0) is 53.7 Å². The van der Waals surface area contributed by atoms with Crippen molar-refractivity contribution >= 4 is 46.8 Å². The Morgan fingerprint density at radius 1 is 1.10 bits per heavy atom. The van der Waals surface area contributed by atoms with Gasteiger partial charge in [-0.2, -0.15) is 4.99 Å². The van der Waals surface area contributed by atoms with Crippen molar-refractivity contribution in [3.63, 3.8) is 0 Å². The van der Waals surface area contributed by atoms with E-state index in [0.29, 0.717) is 11.3 Å². The third-order valence-corrected chi connectivity index (χ3v) is 3.20. The number of halogens is 3. The smallest absolute Gasteiger partial charge is 0.133 e. The lowest BCUT2D eigenvalue weighted by molar-refractivity contribution is 0.576. The van der Waals surface area contributed by atoms with Crippen LogP contribution in [0.15, 0.2) is 41.4 Å². The zero-order valence-electron chi connectivity index (χ0n) is 10.8. The maximum atomic E-state index is 13.8. The van der Waals surface area contributed by atoms with Crippen molar-refractivity contribution < 1.29 is 8.78 Å². The number of thiocarbonyl (C=S) groups is 1. The molecule has 5 heteroatoms. The topological polar surface area (TPSA) is 12.4 Å². The lowest BCUT2D eigenvalue weighted by atomic mass is 10.1. The van der Waals surface area contributed by atoms with E-state index in [4.69, 9.17) is 11.6 Å². The first-order chi connectivity index (χ1) is 10.1. The molecule has 0 amide bonds. The molecule has 21 heavy (non-hydrogen) atoms. The minimum atomic E-state index is -0.635. The van der Waals surface area contributed by atoms with E-state index in [-0.39, 0.29) is 11.4 Å². The molecule has 0 radical (unpaired) electrons. The summed E-state index contributed by atoms with van der Waals surface area (Å²) in [5.41, 5.74) is 1.78. The molecule has 0 N–H and O–H groups in total. The minimum absolute atomic E-state index is 0.0691. The van der Waals surface area contributed by atoms with E-state index in [9.17, 15) is 8.78 Å². The third-order valence-electron chi connectivity index (χ3n) is 2.80. The van der Waals surface area contributed by atoms with Gasteiger partial charge >= 0.3 is 0 Å². The van der Waals surface area contributed by atoms with E-state index < -0.39 is 11.6 Å². The molecule has 2 aromatic carbocycles.